The van der Waals surface area contributed by atoms with Gasteiger partial charge in [0.25, 0.3) is 0 Å². The average Bonchev–Trinajstić information content (AvgIpc) is 2.88. The second-order valence-corrected chi connectivity index (χ2v) is 5.49. The van der Waals surface area contributed by atoms with Gasteiger partial charge < -0.3 is 10.2 Å². The zero-order chi connectivity index (χ0) is 15.1. The summed E-state index contributed by atoms with van der Waals surface area (Å²) in [5.74, 6) is 0.597. The molecule has 2 heteroatoms. The van der Waals surface area contributed by atoms with Crippen molar-refractivity contribution < 1.29 is 10.2 Å². The second-order valence-electron chi connectivity index (χ2n) is 5.49. The van der Waals surface area contributed by atoms with Crippen molar-refractivity contribution in [3.05, 3.63) is 72.8 Å². The molecule has 4 aliphatic rings. The van der Waals surface area contributed by atoms with Crippen molar-refractivity contribution in [1.82, 2.24) is 0 Å². The zero-order valence-electron chi connectivity index (χ0n) is 11.8. The van der Waals surface area contributed by atoms with Gasteiger partial charge in [-0.1, -0.05) is 48.5 Å². The fourth-order valence-corrected chi connectivity index (χ4v) is 2.85. The maximum absolute atomic E-state index is 9.54. The molecule has 4 aliphatic carbocycles. The van der Waals surface area contributed by atoms with Crippen LogP contribution in [0.4, 0.5) is 0 Å². The molecule has 0 aromatic rings. The van der Waals surface area contributed by atoms with E-state index >= 15 is 0 Å². The molecule has 0 saturated heterocycles. The molecule has 0 spiro atoms. The van der Waals surface area contributed by atoms with E-state index in [0.29, 0.717) is 11.5 Å². The van der Waals surface area contributed by atoms with Crippen molar-refractivity contribution in [1.29, 1.82) is 0 Å². The van der Waals surface area contributed by atoms with Crippen LogP contribution in [0.15, 0.2) is 72.8 Å². The third-order valence-electron chi connectivity index (χ3n) is 3.98. The summed E-state index contributed by atoms with van der Waals surface area (Å²) in [4.78, 5) is 0. The molecule has 0 radical (unpaired) electrons. The first-order chi connectivity index (χ1) is 10.7. The standard InChI is InChI=1S/C20H14O2/c21-19-9-15-5-1-13(2-6-16(15)10-19)14-3-7-17-11-20(22)12-18(17)8-4-14/h1-12,21-22H. The van der Waals surface area contributed by atoms with E-state index in [9.17, 15) is 10.2 Å². The lowest BCUT2D eigenvalue weighted by Crippen LogP contribution is -1.68. The third kappa shape index (κ3) is 2.15. The van der Waals surface area contributed by atoms with Crippen molar-refractivity contribution in [2.45, 2.75) is 0 Å². The Hall–Kier alpha value is -3.00. The molecule has 0 unspecified atom stereocenters. The largest absolute Gasteiger partial charge is 0.508 e. The quantitative estimate of drug-likeness (QED) is 0.518. The Balaban J connectivity index is 1.84. The number of aromatic hydroxyl groups is 2. The van der Waals surface area contributed by atoms with E-state index in [4.69, 9.17) is 0 Å². The third-order valence-corrected chi connectivity index (χ3v) is 3.98. The minimum Gasteiger partial charge on any atom is -0.508 e. The molecule has 22 heavy (non-hydrogen) atoms. The Morgan fingerprint density at radius 1 is 0.364 bits per heavy atom. The molecule has 0 aliphatic heterocycles. The average molecular weight is 286 g/mol. The van der Waals surface area contributed by atoms with Gasteiger partial charge in [0.15, 0.2) is 0 Å². The summed E-state index contributed by atoms with van der Waals surface area (Å²) >= 11 is 0. The zero-order valence-corrected chi connectivity index (χ0v) is 11.8. The lowest BCUT2D eigenvalue weighted by Gasteiger charge is -1.93. The van der Waals surface area contributed by atoms with Crippen LogP contribution in [-0.2, 0) is 0 Å². The van der Waals surface area contributed by atoms with Crippen LogP contribution in [0.25, 0.3) is 33.4 Å². The van der Waals surface area contributed by atoms with Gasteiger partial charge in [-0.25, -0.2) is 0 Å². The normalized spacial score (nSPS) is 11.1. The van der Waals surface area contributed by atoms with Crippen LogP contribution in [-0.4, -0.2) is 10.2 Å². The predicted molar refractivity (Wildman–Crippen MR) is 88.5 cm³/mol. The Morgan fingerprint density at radius 3 is 0.864 bits per heavy atom. The highest BCUT2D eigenvalue weighted by atomic mass is 16.3. The first-order valence-electron chi connectivity index (χ1n) is 7.15. The molecule has 2 nitrogen and oxygen atoms in total. The maximum Gasteiger partial charge on any atom is 0.116 e. The monoisotopic (exact) mass is 286 g/mol. The fraction of sp³-hybridized carbons (Fsp3) is 0. The molecule has 0 bridgehead atoms. The van der Waals surface area contributed by atoms with Gasteiger partial charge in [-0.15, -0.1) is 0 Å². The van der Waals surface area contributed by atoms with Crippen LogP contribution in [0.3, 0.4) is 0 Å². The molecule has 0 heterocycles. The van der Waals surface area contributed by atoms with Crippen molar-refractivity contribution in [3.63, 3.8) is 0 Å². The van der Waals surface area contributed by atoms with Gasteiger partial charge >= 0.3 is 0 Å². The van der Waals surface area contributed by atoms with Gasteiger partial charge in [-0.3, -0.25) is 0 Å². The summed E-state index contributed by atoms with van der Waals surface area (Å²) in [6, 6.07) is 23.3. The van der Waals surface area contributed by atoms with Gasteiger partial charge in [0.2, 0.25) is 0 Å². The van der Waals surface area contributed by atoms with Crippen LogP contribution in [0, 0.1) is 0 Å². The van der Waals surface area contributed by atoms with Crippen LogP contribution in [0.1, 0.15) is 0 Å². The molecule has 0 saturated carbocycles. The van der Waals surface area contributed by atoms with E-state index in [-0.39, 0.29) is 0 Å². The molecule has 4 rings (SSSR count). The van der Waals surface area contributed by atoms with Gasteiger partial charge in [-0.2, -0.15) is 0 Å². The van der Waals surface area contributed by atoms with Crippen LogP contribution >= 0.6 is 0 Å². The summed E-state index contributed by atoms with van der Waals surface area (Å²) < 4.78 is 0. The van der Waals surface area contributed by atoms with Crippen molar-refractivity contribution in [3.8, 4) is 44.9 Å². The first-order valence-corrected chi connectivity index (χ1v) is 7.15. The van der Waals surface area contributed by atoms with Crippen LogP contribution in [0.5, 0.6) is 11.5 Å². The minimum atomic E-state index is 0.299. The predicted octanol–water partition coefficient (Wildman–Crippen LogP) is 4.97. The van der Waals surface area contributed by atoms with E-state index in [2.05, 4.69) is 24.3 Å². The van der Waals surface area contributed by atoms with Gasteiger partial charge in [0.1, 0.15) is 11.5 Å². The second kappa shape index (κ2) is 4.78. The molecule has 0 aromatic carbocycles. The molecule has 0 atom stereocenters. The van der Waals surface area contributed by atoms with Gasteiger partial charge in [0.05, 0.1) is 0 Å². The number of rotatable bonds is 1. The van der Waals surface area contributed by atoms with Crippen molar-refractivity contribution >= 4 is 0 Å². The number of fused-ring (bicyclic) bond motifs is 2. The molecular formula is C20H14O2. The van der Waals surface area contributed by atoms with E-state index in [1.54, 1.807) is 24.3 Å². The summed E-state index contributed by atoms with van der Waals surface area (Å²) in [7, 11) is 0. The molecule has 0 aromatic heterocycles. The number of hydrogen-bond donors (Lipinski definition) is 2. The Bertz CT molecular complexity index is 767. The van der Waals surface area contributed by atoms with E-state index in [0.717, 1.165) is 33.4 Å². The maximum atomic E-state index is 9.54. The highest BCUT2D eigenvalue weighted by Crippen LogP contribution is 2.33. The highest BCUT2D eigenvalue weighted by molar-refractivity contribution is 5.76. The molecule has 2 N–H and O–H groups in total. The topological polar surface area (TPSA) is 40.5 Å². The molecule has 0 amide bonds. The summed E-state index contributed by atoms with van der Waals surface area (Å²) in [6.45, 7) is 0. The SMILES string of the molecule is Oc1cc2ccc(-c3ccc4cc(O)cc-4cc3)ccc-2c1. The smallest absolute Gasteiger partial charge is 0.116 e. The summed E-state index contributed by atoms with van der Waals surface area (Å²) in [5.41, 5.74) is 6.30. The van der Waals surface area contributed by atoms with Crippen molar-refractivity contribution in [2.24, 2.45) is 0 Å². The molecular weight excluding hydrogens is 272 g/mol. The first kappa shape index (κ1) is 12.7. The molecule has 106 valence electrons. The Labute approximate surface area is 128 Å². The Morgan fingerprint density at radius 2 is 0.591 bits per heavy atom. The highest BCUT2D eigenvalue weighted by Gasteiger charge is 2.07. The van der Waals surface area contributed by atoms with Crippen LogP contribution in [0.2, 0.25) is 0 Å². The summed E-state index contributed by atoms with van der Waals surface area (Å²) in [6.07, 6.45) is 0. The van der Waals surface area contributed by atoms with Gasteiger partial charge in [-0.05, 0) is 57.6 Å². The Kier molecular flexibility index (Phi) is 2.76. The molecule has 0 fully saturated rings. The number of hydrogen-bond acceptors (Lipinski definition) is 2. The minimum absolute atomic E-state index is 0.299. The van der Waals surface area contributed by atoms with Crippen molar-refractivity contribution in [2.75, 3.05) is 0 Å². The van der Waals surface area contributed by atoms with E-state index < -0.39 is 0 Å². The lowest BCUT2D eigenvalue weighted by molar-refractivity contribution is 0.477. The fourth-order valence-electron chi connectivity index (χ4n) is 2.85. The lowest BCUT2D eigenvalue weighted by atomic mass is 10.1. The van der Waals surface area contributed by atoms with Gasteiger partial charge in [0, 0.05) is 0 Å². The van der Waals surface area contributed by atoms with Crippen LogP contribution < -0.4 is 0 Å². The van der Waals surface area contributed by atoms with E-state index in [1.807, 2.05) is 24.3 Å². The van der Waals surface area contributed by atoms with E-state index in [1.165, 1.54) is 0 Å². The summed E-state index contributed by atoms with van der Waals surface area (Å²) in [5, 5.41) is 19.1.